The molecule has 1 saturated carbocycles. The first kappa shape index (κ1) is 16.0. The average Bonchev–Trinajstić information content (AvgIpc) is 3.21. The zero-order valence-electron chi connectivity index (χ0n) is 11.4. The predicted octanol–water partition coefficient (Wildman–Crippen LogP) is 2.53. The summed E-state index contributed by atoms with van der Waals surface area (Å²) in [6, 6.07) is 7.96. The van der Waals surface area contributed by atoms with Gasteiger partial charge in [0.2, 0.25) is 0 Å². The molecule has 3 N–H and O–H groups in total. The molecule has 1 fully saturated rings. The molecule has 1 amide bonds. The number of benzene rings is 1. The number of rotatable bonds is 6. The molecule has 1 aromatic rings. The molecule has 2 rings (SSSR count). The smallest absolute Gasteiger partial charge is 0.251 e. The van der Waals surface area contributed by atoms with Gasteiger partial charge >= 0.3 is 0 Å². The summed E-state index contributed by atoms with van der Waals surface area (Å²) < 4.78 is 0. The highest BCUT2D eigenvalue weighted by Crippen LogP contribution is 2.31. The van der Waals surface area contributed by atoms with Crippen LogP contribution in [0.1, 0.15) is 42.1 Å². The lowest BCUT2D eigenvalue weighted by molar-refractivity contribution is 0.0950. The molecule has 0 radical (unpaired) electrons. The molecule has 19 heavy (non-hydrogen) atoms. The van der Waals surface area contributed by atoms with Crippen molar-refractivity contribution in [1.82, 2.24) is 5.32 Å². The van der Waals surface area contributed by atoms with Gasteiger partial charge in [-0.1, -0.05) is 25.5 Å². The third-order valence-corrected chi connectivity index (χ3v) is 3.48. The summed E-state index contributed by atoms with van der Waals surface area (Å²) in [5.41, 5.74) is 7.96. The van der Waals surface area contributed by atoms with Crippen LogP contribution in [0.3, 0.4) is 0 Å². The van der Waals surface area contributed by atoms with Crippen LogP contribution in [0.15, 0.2) is 24.3 Å². The molecule has 1 aliphatic carbocycles. The summed E-state index contributed by atoms with van der Waals surface area (Å²) in [6.45, 7) is 2.74. The first-order valence-corrected chi connectivity index (χ1v) is 6.83. The minimum Gasteiger partial charge on any atom is -0.350 e. The maximum atomic E-state index is 11.9. The topological polar surface area (TPSA) is 55.1 Å². The van der Waals surface area contributed by atoms with E-state index in [-0.39, 0.29) is 24.4 Å². The Morgan fingerprint density at radius 2 is 2.00 bits per heavy atom. The normalized spacial score (nSPS) is 15.5. The van der Waals surface area contributed by atoms with Crippen molar-refractivity contribution in [2.75, 3.05) is 6.54 Å². The molecule has 106 valence electrons. The average molecular weight is 283 g/mol. The van der Waals surface area contributed by atoms with Crippen molar-refractivity contribution < 1.29 is 4.79 Å². The molecule has 4 heteroatoms. The van der Waals surface area contributed by atoms with Crippen LogP contribution in [0, 0.1) is 5.92 Å². The lowest BCUT2D eigenvalue weighted by atomic mass is 10.1. The van der Waals surface area contributed by atoms with Gasteiger partial charge in [-0.3, -0.25) is 4.79 Å². The van der Waals surface area contributed by atoms with Crippen LogP contribution >= 0.6 is 12.4 Å². The number of carbonyl (C=O) groups excluding carboxylic acids is 1. The van der Waals surface area contributed by atoms with E-state index in [1.165, 1.54) is 18.4 Å². The van der Waals surface area contributed by atoms with E-state index in [0.29, 0.717) is 12.5 Å². The van der Waals surface area contributed by atoms with Crippen molar-refractivity contribution in [2.45, 2.75) is 38.6 Å². The molecule has 1 aromatic carbocycles. The van der Waals surface area contributed by atoms with Gasteiger partial charge < -0.3 is 11.1 Å². The van der Waals surface area contributed by atoms with Crippen LogP contribution in [-0.4, -0.2) is 18.5 Å². The molecule has 1 unspecified atom stereocenters. The van der Waals surface area contributed by atoms with Gasteiger partial charge in [0.25, 0.3) is 5.91 Å². The second-order valence-corrected chi connectivity index (χ2v) is 5.16. The summed E-state index contributed by atoms with van der Waals surface area (Å²) in [4.78, 5) is 11.9. The SMILES string of the molecule is CCCc1ccc(C(=O)NCC(N)C2CC2)cc1.Cl. The monoisotopic (exact) mass is 282 g/mol. The van der Waals surface area contributed by atoms with Crippen molar-refractivity contribution in [2.24, 2.45) is 11.7 Å². The Balaban J connectivity index is 0.00000180. The number of hydrogen-bond acceptors (Lipinski definition) is 2. The maximum absolute atomic E-state index is 11.9. The van der Waals surface area contributed by atoms with Gasteiger partial charge in [0.15, 0.2) is 0 Å². The number of aryl methyl sites for hydroxylation is 1. The molecule has 0 saturated heterocycles. The fraction of sp³-hybridized carbons (Fsp3) is 0.533. The number of halogens is 1. The lowest BCUT2D eigenvalue weighted by Crippen LogP contribution is -2.38. The van der Waals surface area contributed by atoms with Crippen LogP contribution in [0.4, 0.5) is 0 Å². The zero-order valence-corrected chi connectivity index (χ0v) is 12.2. The van der Waals surface area contributed by atoms with Crippen LogP contribution < -0.4 is 11.1 Å². The Labute approximate surface area is 121 Å². The van der Waals surface area contributed by atoms with Crippen LogP contribution in [0.25, 0.3) is 0 Å². The molecular weight excluding hydrogens is 260 g/mol. The largest absolute Gasteiger partial charge is 0.350 e. The molecular formula is C15H23ClN2O. The highest BCUT2D eigenvalue weighted by molar-refractivity contribution is 5.94. The summed E-state index contributed by atoms with van der Waals surface area (Å²) in [5.74, 6) is 0.603. The molecule has 1 atom stereocenters. The van der Waals surface area contributed by atoms with Crippen molar-refractivity contribution in [1.29, 1.82) is 0 Å². The highest BCUT2D eigenvalue weighted by atomic mass is 35.5. The van der Waals surface area contributed by atoms with E-state index in [0.717, 1.165) is 18.4 Å². The molecule has 0 spiro atoms. The van der Waals surface area contributed by atoms with Crippen molar-refractivity contribution in [3.8, 4) is 0 Å². The van der Waals surface area contributed by atoms with Gasteiger partial charge in [-0.05, 0) is 42.9 Å². The summed E-state index contributed by atoms with van der Waals surface area (Å²) in [7, 11) is 0. The van der Waals surface area contributed by atoms with Crippen molar-refractivity contribution in [3.63, 3.8) is 0 Å². The Morgan fingerprint density at radius 1 is 1.37 bits per heavy atom. The summed E-state index contributed by atoms with van der Waals surface area (Å²) >= 11 is 0. The van der Waals surface area contributed by atoms with Gasteiger partial charge in [0, 0.05) is 18.2 Å². The third-order valence-electron chi connectivity index (χ3n) is 3.48. The number of nitrogens with two attached hydrogens (primary N) is 1. The molecule has 0 bridgehead atoms. The van der Waals surface area contributed by atoms with E-state index in [9.17, 15) is 4.79 Å². The fourth-order valence-electron chi connectivity index (χ4n) is 2.12. The Kier molecular flexibility index (Phi) is 6.32. The first-order valence-electron chi connectivity index (χ1n) is 6.83. The number of carbonyl (C=O) groups is 1. The van der Waals surface area contributed by atoms with Gasteiger partial charge in [-0.25, -0.2) is 0 Å². The molecule has 0 heterocycles. The van der Waals surface area contributed by atoms with Crippen molar-refractivity contribution in [3.05, 3.63) is 35.4 Å². The van der Waals surface area contributed by atoms with E-state index < -0.39 is 0 Å². The third kappa shape index (κ3) is 4.84. The van der Waals surface area contributed by atoms with Crippen LogP contribution in [0.2, 0.25) is 0 Å². The molecule has 1 aliphatic rings. The Bertz CT molecular complexity index is 401. The zero-order chi connectivity index (χ0) is 13.0. The number of nitrogens with one attached hydrogen (secondary N) is 1. The molecule has 3 nitrogen and oxygen atoms in total. The van der Waals surface area contributed by atoms with E-state index in [2.05, 4.69) is 12.2 Å². The van der Waals surface area contributed by atoms with Crippen LogP contribution in [-0.2, 0) is 6.42 Å². The fourth-order valence-corrected chi connectivity index (χ4v) is 2.12. The Morgan fingerprint density at radius 3 is 2.53 bits per heavy atom. The second kappa shape index (κ2) is 7.51. The van der Waals surface area contributed by atoms with Gasteiger partial charge in [0.1, 0.15) is 0 Å². The predicted molar refractivity (Wildman–Crippen MR) is 80.7 cm³/mol. The molecule has 0 aliphatic heterocycles. The highest BCUT2D eigenvalue weighted by Gasteiger charge is 2.28. The number of amides is 1. The van der Waals surface area contributed by atoms with E-state index in [1.807, 2.05) is 24.3 Å². The second-order valence-electron chi connectivity index (χ2n) is 5.16. The van der Waals surface area contributed by atoms with E-state index >= 15 is 0 Å². The summed E-state index contributed by atoms with van der Waals surface area (Å²) in [5, 5.41) is 2.91. The van der Waals surface area contributed by atoms with E-state index in [4.69, 9.17) is 5.73 Å². The van der Waals surface area contributed by atoms with Gasteiger partial charge in [0.05, 0.1) is 0 Å². The van der Waals surface area contributed by atoms with Gasteiger partial charge in [-0.15, -0.1) is 12.4 Å². The minimum absolute atomic E-state index is 0. The minimum atomic E-state index is -0.0193. The van der Waals surface area contributed by atoms with Crippen LogP contribution in [0.5, 0.6) is 0 Å². The standard InChI is InChI=1S/C15H22N2O.ClH/c1-2-3-11-4-6-13(7-5-11)15(18)17-10-14(16)12-8-9-12;/h4-7,12,14H,2-3,8-10,16H2,1H3,(H,17,18);1H. The molecule has 0 aromatic heterocycles. The van der Waals surface area contributed by atoms with Crippen molar-refractivity contribution >= 4 is 18.3 Å². The summed E-state index contributed by atoms with van der Waals surface area (Å²) in [6.07, 6.45) is 4.61. The quantitative estimate of drug-likeness (QED) is 0.842. The Hall–Kier alpha value is -1.06. The number of hydrogen-bond donors (Lipinski definition) is 2. The van der Waals surface area contributed by atoms with Gasteiger partial charge in [-0.2, -0.15) is 0 Å². The van der Waals surface area contributed by atoms with E-state index in [1.54, 1.807) is 0 Å². The lowest BCUT2D eigenvalue weighted by Gasteiger charge is -2.11. The maximum Gasteiger partial charge on any atom is 0.251 e. The first-order chi connectivity index (χ1) is 8.70.